The van der Waals surface area contributed by atoms with Gasteiger partial charge in [-0.3, -0.25) is 9.59 Å². The predicted molar refractivity (Wildman–Crippen MR) is 76.1 cm³/mol. The van der Waals surface area contributed by atoms with Crippen LogP contribution in [0, 0.1) is 6.92 Å². The summed E-state index contributed by atoms with van der Waals surface area (Å²) in [5.41, 5.74) is 7.45. The highest BCUT2D eigenvalue weighted by atomic mass is 16.2. The Labute approximate surface area is 113 Å². The van der Waals surface area contributed by atoms with Crippen molar-refractivity contribution >= 4 is 17.5 Å². The minimum Gasteiger partial charge on any atom is -0.384 e. The molecule has 4 N–H and O–H groups in total. The lowest BCUT2D eigenvalue weighted by molar-refractivity contribution is -0.117. The second-order valence-corrected chi connectivity index (χ2v) is 4.45. The lowest BCUT2D eigenvalue weighted by atomic mass is 10.1. The molecular weight excluding hydrogens is 242 g/mol. The fourth-order valence-corrected chi connectivity index (χ4v) is 1.65. The van der Waals surface area contributed by atoms with E-state index >= 15 is 0 Å². The van der Waals surface area contributed by atoms with Gasteiger partial charge in [0.2, 0.25) is 5.91 Å². The first-order chi connectivity index (χ1) is 9.04. The number of benzene rings is 1. The second kappa shape index (κ2) is 7.41. The molecule has 2 amide bonds. The smallest absolute Gasteiger partial charge is 0.253 e. The molecule has 0 spiro atoms. The molecule has 0 unspecified atom stereocenters. The van der Waals surface area contributed by atoms with E-state index in [1.54, 1.807) is 0 Å². The number of hydrogen-bond acceptors (Lipinski definition) is 3. The maximum atomic E-state index is 12.1. The van der Waals surface area contributed by atoms with Gasteiger partial charge < -0.3 is 16.4 Å². The van der Waals surface area contributed by atoms with E-state index in [0.29, 0.717) is 5.56 Å². The Morgan fingerprint density at radius 1 is 1.26 bits per heavy atom. The van der Waals surface area contributed by atoms with Gasteiger partial charge in [0, 0.05) is 25.2 Å². The summed E-state index contributed by atoms with van der Waals surface area (Å²) in [4.78, 5) is 22.7. The molecule has 0 aromatic heterocycles. The van der Waals surface area contributed by atoms with Crippen molar-refractivity contribution in [3.8, 4) is 0 Å². The van der Waals surface area contributed by atoms with Crippen LogP contribution in [0.25, 0.3) is 0 Å². The molecule has 5 heteroatoms. The number of carbonyl (C=O) groups is 2. The van der Waals surface area contributed by atoms with Crippen LogP contribution in [0.3, 0.4) is 0 Å². The van der Waals surface area contributed by atoms with Crippen LogP contribution >= 0.6 is 0 Å². The van der Waals surface area contributed by atoms with E-state index in [9.17, 15) is 9.59 Å². The molecule has 1 aromatic carbocycles. The Bertz CT molecular complexity index is 458. The second-order valence-electron chi connectivity index (χ2n) is 4.45. The van der Waals surface area contributed by atoms with E-state index in [4.69, 9.17) is 5.73 Å². The molecule has 19 heavy (non-hydrogen) atoms. The highest BCUT2D eigenvalue weighted by Crippen LogP contribution is 2.17. The quantitative estimate of drug-likeness (QED) is 0.695. The summed E-state index contributed by atoms with van der Waals surface area (Å²) >= 11 is 0. The first kappa shape index (κ1) is 15.0. The number of amides is 2. The monoisotopic (exact) mass is 263 g/mol. The number of nitrogens with two attached hydrogens (primary N) is 1. The predicted octanol–water partition coefficient (Wildman–Crippen LogP) is 1.42. The minimum absolute atomic E-state index is 0.148. The van der Waals surface area contributed by atoms with E-state index in [1.807, 2.05) is 25.1 Å². The zero-order valence-electron chi connectivity index (χ0n) is 11.5. The van der Waals surface area contributed by atoms with Crippen molar-refractivity contribution in [2.24, 2.45) is 5.73 Å². The third-order valence-electron chi connectivity index (χ3n) is 2.64. The fraction of sp³-hybridized carbons (Fsp3) is 0.429. The van der Waals surface area contributed by atoms with E-state index in [1.165, 1.54) is 0 Å². The molecule has 0 aliphatic rings. The summed E-state index contributed by atoms with van der Waals surface area (Å²) in [5, 5.41) is 5.91. The Kier molecular flexibility index (Phi) is 5.85. The van der Waals surface area contributed by atoms with Crippen LogP contribution in [0.15, 0.2) is 18.2 Å². The van der Waals surface area contributed by atoms with Gasteiger partial charge in [0.15, 0.2) is 0 Å². The Morgan fingerprint density at radius 3 is 2.63 bits per heavy atom. The van der Waals surface area contributed by atoms with Gasteiger partial charge in [-0.25, -0.2) is 0 Å². The van der Waals surface area contributed by atoms with Crippen LogP contribution in [0.1, 0.15) is 35.7 Å². The third-order valence-corrected chi connectivity index (χ3v) is 2.64. The summed E-state index contributed by atoms with van der Waals surface area (Å²) < 4.78 is 0. The van der Waals surface area contributed by atoms with Crippen molar-refractivity contribution in [3.05, 3.63) is 29.3 Å². The number of aryl methyl sites for hydroxylation is 1. The van der Waals surface area contributed by atoms with E-state index in [2.05, 4.69) is 17.6 Å². The van der Waals surface area contributed by atoms with E-state index < -0.39 is 5.91 Å². The van der Waals surface area contributed by atoms with Crippen LogP contribution in [-0.4, -0.2) is 24.9 Å². The van der Waals surface area contributed by atoms with Crippen molar-refractivity contribution in [2.45, 2.75) is 26.7 Å². The van der Waals surface area contributed by atoms with Gasteiger partial charge in [-0.15, -0.1) is 0 Å². The normalized spacial score (nSPS) is 10.0. The molecule has 0 heterocycles. The zero-order chi connectivity index (χ0) is 14.3. The van der Waals surface area contributed by atoms with Crippen molar-refractivity contribution in [3.63, 3.8) is 0 Å². The molecule has 0 aliphatic carbocycles. The summed E-state index contributed by atoms with van der Waals surface area (Å²) in [7, 11) is 0. The van der Waals surface area contributed by atoms with Gasteiger partial charge in [0.1, 0.15) is 0 Å². The highest BCUT2D eigenvalue weighted by molar-refractivity contribution is 6.00. The number of carbonyl (C=O) groups excluding carboxylic acids is 2. The average Bonchev–Trinajstić information content (AvgIpc) is 2.36. The first-order valence-corrected chi connectivity index (χ1v) is 6.45. The van der Waals surface area contributed by atoms with Crippen molar-refractivity contribution in [1.29, 1.82) is 0 Å². The topological polar surface area (TPSA) is 84.2 Å². The van der Waals surface area contributed by atoms with Gasteiger partial charge in [-0.05, 0) is 25.5 Å². The molecule has 0 bridgehead atoms. The third kappa shape index (κ3) is 4.99. The Morgan fingerprint density at radius 2 is 2.00 bits per heavy atom. The van der Waals surface area contributed by atoms with Crippen LogP contribution in [-0.2, 0) is 4.79 Å². The maximum absolute atomic E-state index is 12.1. The maximum Gasteiger partial charge on any atom is 0.253 e. The van der Waals surface area contributed by atoms with E-state index in [0.717, 1.165) is 24.2 Å². The summed E-state index contributed by atoms with van der Waals surface area (Å²) in [5.74, 6) is -0.613. The lowest BCUT2D eigenvalue weighted by Crippen LogP contribution is -2.28. The summed E-state index contributed by atoms with van der Waals surface area (Å²) in [6, 6.07) is 5.68. The molecule has 5 nitrogen and oxygen atoms in total. The summed E-state index contributed by atoms with van der Waals surface area (Å²) in [6.07, 6.45) is 1.13. The molecule has 0 fully saturated rings. The summed E-state index contributed by atoms with van der Waals surface area (Å²) in [6.45, 7) is 5.07. The van der Waals surface area contributed by atoms with Crippen LogP contribution < -0.4 is 16.4 Å². The molecule has 0 saturated carbocycles. The van der Waals surface area contributed by atoms with Gasteiger partial charge in [-0.2, -0.15) is 0 Å². The molecule has 0 saturated heterocycles. The molecular formula is C14H21N3O2. The number of rotatable bonds is 7. The molecule has 0 radical (unpaired) electrons. The Balaban J connectivity index is 2.75. The molecule has 0 atom stereocenters. The zero-order valence-corrected chi connectivity index (χ0v) is 11.5. The number of anilines is 1. The first-order valence-electron chi connectivity index (χ1n) is 6.45. The van der Waals surface area contributed by atoms with Crippen LogP contribution in [0.2, 0.25) is 0 Å². The molecule has 1 aromatic rings. The standard InChI is InChI=1S/C14H21N3O2/c1-3-7-16-12-5-4-10(2)9-11(12)14(19)17-8-6-13(15)18/h4-5,9,16H,3,6-8H2,1-2H3,(H2,15,18)(H,17,19). The van der Waals surface area contributed by atoms with Crippen LogP contribution in [0.4, 0.5) is 5.69 Å². The number of nitrogens with one attached hydrogen (secondary N) is 2. The highest BCUT2D eigenvalue weighted by Gasteiger charge is 2.11. The molecule has 104 valence electrons. The minimum atomic E-state index is -0.422. The lowest BCUT2D eigenvalue weighted by Gasteiger charge is -2.12. The Hall–Kier alpha value is -2.04. The van der Waals surface area contributed by atoms with Crippen molar-refractivity contribution < 1.29 is 9.59 Å². The van der Waals surface area contributed by atoms with Gasteiger partial charge >= 0.3 is 0 Å². The van der Waals surface area contributed by atoms with Crippen molar-refractivity contribution in [2.75, 3.05) is 18.4 Å². The molecule has 1 rings (SSSR count). The average molecular weight is 263 g/mol. The number of primary amides is 1. The van der Waals surface area contributed by atoms with Crippen molar-refractivity contribution in [1.82, 2.24) is 5.32 Å². The number of hydrogen-bond donors (Lipinski definition) is 3. The SMILES string of the molecule is CCCNc1ccc(C)cc1C(=O)NCCC(N)=O. The van der Waals surface area contributed by atoms with Gasteiger partial charge in [-0.1, -0.05) is 18.6 Å². The molecule has 0 aliphatic heterocycles. The largest absolute Gasteiger partial charge is 0.384 e. The van der Waals surface area contributed by atoms with Gasteiger partial charge in [0.25, 0.3) is 5.91 Å². The van der Waals surface area contributed by atoms with Crippen LogP contribution in [0.5, 0.6) is 0 Å². The van der Waals surface area contributed by atoms with Gasteiger partial charge in [0.05, 0.1) is 5.56 Å². The van der Waals surface area contributed by atoms with E-state index in [-0.39, 0.29) is 18.9 Å². The fourth-order valence-electron chi connectivity index (χ4n) is 1.65.